The highest BCUT2D eigenvalue weighted by molar-refractivity contribution is 6.85. The van der Waals surface area contributed by atoms with E-state index < -0.39 is 23.5 Å². The summed E-state index contributed by atoms with van der Waals surface area (Å²) in [6.45, 7) is 9.11. The predicted molar refractivity (Wildman–Crippen MR) is 420 cm³/mol. The lowest BCUT2D eigenvalue weighted by atomic mass is 10.0. The van der Waals surface area contributed by atoms with Crippen molar-refractivity contribution in [3.05, 3.63) is 211 Å². The van der Waals surface area contributed by atoms with Gasteiger partial charge in [0, 0.05) is 201 Å². The van der Waals surface area contributed by atoms with Crippen molar-refractivity contribution in [2.75, 3.05) is 42.3 Å². The molecule has 6 N–H and O–H groups in total. The Morgan fingerprint density at radius 2 is 0.485 bits per heavy atom. The molecule has 0 radical (unpaired) electrons. The van der Waals surface area contributed by atoms with Gasteiger partial charge in [-0.1, -0.05) is 125 Å². The second-order valence-electron chi connectivity index (χ2n) is 20.0. The standard InChI is InChI=1S/C11H13Cl2NO.C11H14ClNO.C11H12F3NO.3C11H14FNO.4CH4.Cl2.19F2.FH/c1-7(15)11(14-2)6-8-3-4-9(12)10(13)5-8;1-8(14)11(13-2)7-9-4-3-5-10(12)6-9;1-6(16)10(15-2)5-7-3-8(12)11(14)9(13)4-7;1-8(14)11(13-2)7-9-3-5-10(12)6-4-9;1-8(14)11(13-2)7-9-4-3-5-10(12)6-9;1-8(14)11(13-2)7-9-5-3-4-6-10(9)12;;;;;20*1-2;/h3-5,11,14H,6H2,1-2H3;3-6,11,13H,7H2,1-2H3;3-4,10,15H,5H2,1-2H3;3*3-6,11,13H,7H2,1-2H3;4*1H4;;;;;;;;;;;;;;;;;;;;;1H/t2*11-;10-;3*11-;;;;;;;;;;;;;;;;;;;;;;;;;/m000000........................./s1. The van der Waals surface area contributed by atoms with Gasteiger partial charge in [0.05, 0.1) is 46.3 Å². The molecule has 6 atom stereocenters. The number of nitrogens with one attached hydrogen (secondary N) is 6. The maximum absolute atomic E-state index is 13.2. The van der Waals surface area contributed by atoms with Gasteiger partial charge in [-0.3, -0.25) is 33.5 Å². The minimum Gasteiger partial charge on any atom is -0.310 e. The summed E-state index contributed by atoms with van der Waals surface area (Å²) >= 11 is 17.5. The third-order valence-corrected chi connectivity index (χ3v) is 14.3. The fraction of sp³-hybridized carbons (Fsp3) is 0.400. The van der Waals surface area contributed by atoms with E-state index in [1.54, 1.807) is 112 Å². The van der Waals surface area contributed by atoms with Gasteiger partial charge in [0.15, 0.2) is 17.5 Å². The van der Waals surface area contributed by atoms with Crippen LogP contribution in [0.25, 0.3) is 0 Å². The molecule has 6 aromatic carbocycles. The van der Waals surface area contributed by atoms with Crippen LogP contribution in [-0.2, 0) is 67.3 Å². The summed E-state index contributed by atoms with van der Waals surface area (Å²) in [7, 11) is 18.5. The first-order chi connectivity index (χ1) is 61.0. The van der Waals surface area contributed by atoms with E-state index in [1.165, 1.54) is 51.1 Å². The van der Waals surface area contributed by atoms with Crippen LogP contribution in [0.15, 0.2) is 127 Å². The second-order valence-corrected chi connectivity index (χ2v) is 21.3. The quantitative estimate of drug-likeness (QED) is 0.0250. The highest BCUT2D eigenvalue weighted by atomic mass is 36.5. The van der Waals surface area contributed by atoms with Crippen molar-refractivity contribution in [3.63, 3.8) is 0 Å². The van der Waals surface area contributed by atoms with E-state index in [9.17, 15) is 55.1 Å². The fourth-order valence-corrected chi connectivity index (χ4v) is 8.63. The average molecular weight is 2150 g/mol. The van der Waals surface area contributed by atoms with Gasteiger partial charge in [0.2, 0.25) is 0 Å². The minimum absolute atomic E-state index is 0. The minimum atomic E-state index is -1.49. The lowest BCUT2D eigenvalue weighted by Crippen LogP contribution is -2.34. The zero-order valence-corrected chi connectivity index (χ0v) is 70.5. The van der Waals surface area contributed by atoms with E-state index >= 15 is 0 Å². The molecule has 62 heteroatoms. The van der Waals surface area contributed by atoms with E-state index in [0.717, 1.165) is 34.4 Å². The zero-order chi connectivity index (χ0) is 106. The Morgan fingerprint density at radius 1 is 0.250 bits per heavy atom. The molecule has 0 saturated heterocycles. The predicted octanol–water partition coefficient (Wildman–Crippen LogP) is 31.3. The highest BCUT2D eigenvalue weighted by Gasteiger charge is 2.19. The molecule has 132 heavy (non-hydrogen) atoms. The lowest BCUT2D eigenvalue weighted by molar-refractivity contribution is -0.119. The molecule has 0 heterocycles. The number of carbonyl (C=O) groups excluding carboxylic acids is 6. The van der Waals surface area contributed by atoms with Crippen molar-refractivity contribution in [1.82, 2.24) is 31.9 Å². The molecular formula is C70H98Cl5F45N6O6. The smallest absolute Gasteiger partial charge is 0.194 e. The van der Waals surface area contributed by atoms with Crippen LogP contribution >= 0.6 is 56.5 Å². The molecule has 0 fully saturated rings. The van der Waals surface area contributed by atoms with Gasteiger partial charge in [-0.2, -0.15) is 0 Å². The Labute approximate surface area is 753 Å². The van der Waals surface area contributed by atoms with Crippen LogP contribution in [0.3, 0.4) is 0 Å². The van der Waals surface area contributed by atoms with Gasteiger partial charge in [-0.05, 0) is 222 Å². The van der Waals surface area contributed by atoms with E-state index in [2.05, 4.69) is 53.6 Å². The number of likely N-dealkylation sites (N-methyl/N-ethyl adjacent to an activating group) is 6. The zero-order valence-electron chi connectivity index (χ0n) is 66.7. The highest BCUT2D eigenvalue weighted by Crippen LogP contribution is 2.24. The fourth-order valence-electron chi connectivity index (χ4n) is 8.10. The molecule has 0 bridgehead atoms. The molecule has 0 aliphatic heterocycles. The third-order valence-electron chi connectivity index (χ3n) is 13.3. The SMILES string of the molecule is C.C.C.C.CN[C@@H](Cc1cc(F)c(F)c(F)c1)C(C)=O.CN[C@@H](Cc1ccc(Cl)c(Cl)c1)C(C)=O.CN[C@@H](Cc1ccc(F)cc1)C(C)=O.CN[C@@H](Cc1cccc(Cl)c1)C(C)=O.CN[C@@H](Cc1cccc(F)c1)C(C)=O.CN[C@@H](Cc1ccccc1F)C(C)=O.ClCl.F.FF.FF.FF.FF.FF.FF.FF.FF.FF.FF.FF.FF.FF.FF.FF.FF.FF.FF.FF. The molecular weight excluding hydrogens is 2050 g/mol. The monoisotopic (exact) mass is 2150 g/mol. The number of benzene rings is 6. The van der Waals surface area contributed by atoms with Gasteiger partial charge in [-0.25, -0.2) is 26.3 Å². The largest absolute Gasteiger partial charge is 0.310 e. The Morgan fingerprint density at radius 3 is 0.735 bits per heavy atom. The maximum Gasteiger partial charge on any atom is 0.194 e. The number of ketones is 6. The van der Waals surface area contributed by atoms with Crippen molar-refractivity contribution in [2.24, 2.45) is 0 Å². The number of rotatable bonds is 24. The third kappa shape index (κ3) is 119. The molecule has 0 saturated carbocycles. The van der Waals surface area contributed by atoms with Crippen molar-refractivity contribution in [3.8, 4) is 0 Å². The Balaban J connectivity index is -0.0000000416. The van der Waals surface area contributed by atoms with Crippen molar-refractivity contribution < 1.29 is 234 Å². The maximum atomic E-state index is 13.2. The van der Waals surface area contributed by atoms with Crippen molar-refractivity contribution in [1.29, 1.82) is 0 Å². The molecule has 0 aliphatic rings. The molecule has 0 aliphatic carbocycles. The van der Waals surface area contributed by atoms with Gasteiger partial charge in [-0.15, -0.1) is 0 Å². The molecule has 0 spiro atoms. The summed E-state index contributed by atoms with van der Waals surface area (Å²) in [5.74, 6) is -4.45. The summed E-state index contributed by atoms with van der Waals surface area (Å²) in [6.07, 6.45) is 2.98. The van der Waals surface area contributed by atoms with Crippen LogP contribution in [-0.4, -0.2) is 113 Å². The normalized spacial score (nSPS) is 9.16. The molecule has 6 aromatic rings. The van der Waals surface area contributed by atoms with Crippen LogP contribution in [0.1, 0.15) is 105 Å². The van der Waals surface area contributed by atoms with Crippen LogP contribution in [0.4, 0.5) is 205 Å². The Bertz CT molecular complexity index is 3140. The number of carbonyl (C=O) groups is 6. The molecule has 0 amide bonds. The summed E-state index contributed by atoms with van der Waals surface area (Å²) in [5, 5.41) is 19.1. The first kappa shape index (κ1) is 191. The topological polar surface area (TPSA) is 175 Å². The number of hydrogen-bond donors (Lipinski definition) is 6. The second kappa shape index (κ2) is 162. The van der Waals surface area contributed by atoms with Gasteiger partial charge in [0.1, 0.15) is 52.2 Å². The van der Waals surface area contributed by atoms with Crippen LogP contribution in [0.5, 0.6) is 0 Å². The van der Waals surface area contributed by atoms with E-state index in [1.807, 2.05) is 36.4 Å². The Hall–Kier alpha value is -8.60. The number of Topliss-reactive ketones (excluding diaryl/α,β-unsaturated/α-hetero) is 6. The molecule has 0 unspecified atom stereocenters. The summed E-state index contributed by atoms with van der Waals surface area (Å²) in [4.78, 5) is 66.8. The number of halogens is 50. The van der Waals surface area contributed by atoms with Gasteiger partial charge in [0.25, 0.3) is 0 Å². The van der Waals surface area contributed by atoms with Crippen molar-refractivity contribution in [2.45, 2.75) is 146 Å². The lowest BCUT2D eigenvalue weighted by Gasteiger charge is -2.12. The van der Waals surface area contributed by atoms with E-state index in [0.29, 0.717) is 52.7 Å². The van der Waals surface area contributed by atoms with Gasteiger partial charge >= 0.3 is 0 Å². The molecule has 6 rings (SSSR count). The van der Waals surface area contributed by atoms with E-state index in [4.69, 9.17) is 209 Å². The van der Waals surface area contributed by atoms with Gasteiger partial charge < -0.3 is 31.9 Å². The van der Waals surface area contributed by atoms with Crippen LogP contribution in [0, 0.1) is 34.9 Å². The Kier molecular flexibility index (Phi) is 235. The molecule has 0 aromatic heterocycles. The summed E-state index contributed by atoms with van der Waals surface area (Å²) in [6, 6.07) is 32.3. The summed E-state index contributed by atoms with van der Waals surface area (Å²) in [5.41, 5.74) is 4.68. The molecule has 794 valence electrons. The molecule has 12 nitrogen and oxygen atoms in total. The van der Waals surface area contributed by atoms with Crippen LogP contribution in [0.2, 0.25) is 15.1 Å². The van der Waals surface area contributed by atoms with Crippen LogP contribution < -0.4 is 31.9 Å². The van der Waals surface area contributed by atoms with E-state index in [-0.39, 0.29) is 129 Å². The van der Waals surface area contributed by atoms with Crippen molar-refractivity contribution >= 4 is 91.2 Å². The summed E-state index contributed by atoms with van der Waals surface area (Å²) < 4.78 is 381. The first-order valence-electron chi connectivity index (χ1n) is 30.5. The average Bonchev–Trinajstić information content (AvgIpc) is 0.847. The first-order valence-corrected chi connectivity index (χ1v) is 32.8. The number of hydrogen-bond acceptors (Lipinski definition) is 12.